The van der Waals surface area contributed by atoms with Gasteiger partial charge in [0, 0.05) is 42.3 Å². The summed E-state index contributed by atoms with van der Waals surface area (Å²) in [4.78, 5) is 27.3. The molecule has 0 aliphatic carbocycles. The summed E-state index contributed by atoms with van der Waals surface area (Å²) in [5, 5.41) is 32.6. The third-order valence-corrected chi connectivity index (χ3v) is 4.32. The molecule has 0 aromatic carbocycles. The third kappa shape index (κ3) is 4.38. The summed E-state index contributed by atoms with van der Waals surface area (Å²) >= 11 is 0. The summed E-state index contributed by atoms with van der Waals surface area (Å²) in [7, 11) is 0. The number of aromatic hydroxyl groups is 1. The number of piperidine rings is 1. The lowest BCUT2D eigenvalue weighted by Gasteiger charge is -2.20. The van der Waals surface area contributed by atoms with Gasteiger partial charge in [-0.1, -0.05) is 0 Å². The maximum atomic E-state index is 12.2. The second-order valence-corrected chi connectivity index (χ2v) is 6.88. The summed E-state index contributed by atoms with van der Waals surface area (Å²) in [5.41, 5.74) is 0.792. The molecule has 8 heteroatoms. The first kappa shape index (κ1) is 19.4. The molecule has 1 aliphatic heterocycles. The number of hydrogen-bond acceptors (Lipinski definition) is 6. The SMILES string of the molecule is CC(C)(CNC(=O)c1ncc(/C(C=N)=C2\CCCCN2)cc1O)C(=O)O. The van der Waals surface area contributed by atoms with Gasteiger partial charge in [0.05, 0.1) is 5.41 Å². The Morgan fingerprint density at radius 2 is 2.15 bits per heavy atom. The summed E-state index contributed by atoms with van der Waals surface area (Å²) in [5.74, 6) is -2.00. The number of hydrogen-bond donors (Lipinski definition) is 5. The van der Waals surface area contributed by atoms with E-state index < -0.39 is 17.3 Å². The van der Waals surface area contributed by atoms with E-state index in [2.05, 4.69) is 15.6 Å². The van der Waals surface area contributed by atoms with Gasteiger partial charge in [-0.05, 0) is 39.2 Å². The van der Waals surface area contributed by atoms with Gasteiger partial charge in [0.15, 0.2) is 5.69 Å². The van der Waals surface area contributed by atoms with Crippen LogP contribution in [0.3, 0.4) is 0 Å². The number of carboxylic acids is 1. The monoisotopic (exact) mass is 360 g/mol. The second-order valence-electron chi connectivity index (χ2n) is 6.88. The predicted molar refractivity (Wildman–Crippen MR) is 97.2 cm³/mol. The summed E-state index contributed by atoms with van der Waals surface area (Å²) in [6, 6.07) is 1.40. The first-order valence-electron chi connectivity index (χ1n) is 8.44. The van der Waals surface area contributed by atoms with Crippen LogP contribution in [0.15, 0.2) is 18.0 Å². The average Bonchev–Trinajstić information content (AvgIpc) is 2.61. The highest BCUT2D eigenvalue weighted by Crippen LogP contribution is 2.25. The van der Waals surface area contributed by atoms with Crippen LogP contribution in [-0.2, 0) is 4.79 Å². The van der Waals surface area contributed by atoms with Gasteiger partial charge in [-0.2, -0.15) is 0 Å². The van der Waals surface area contributed by atoms with Crippen molar-refractivity contribution in [2.75, 3.05) is 13.1 Å². The zero-order chi connectivity index (χ0) is 19.3. The molecule has 1 aromatic rings. The van der Waals surface area contributed by atoms with Gasteiger partial charge in [0.2, 0.25) is 0 Å². The van der Waals surface area contributed by atoms with Gasteiger partial charge in [-0.15, -0.1) is 0 Å². The van der Waals surface area contributed by atoms with Crippen molar-refractivity contribution >= 4 is 23.7 Å². The lowest BCUT2D eigenvalue weighted by atomic mass is 9.94. The van der Waals surface area contributed by atoms with Gasteiger partial charge in [-0.3, -0.25) is 9.59 Å². The molecular weight excluding hydrogens is 336 g/mol. The minimum atomic E-state index is -1.13. The normalized spacial score (nSPS) is 16.4. The van der Waals surface area contributed by atoms with E-state index in [1.165, 1.54) is 32.3 Å². The van der Waals surface area contributed by atoms with Gasteiger partial charge in [-0.25, -0.2) is 4.98 Å². The number of amides is 1. The van der Waals surface area contributed by atoms with Crippen LogP contribution in [0.4, 0.5) is 0 Å². The van der Waals surface area contributed by atoms with E-state index in [0.29, 0.717) is 11.1 Å². The fourth-order valence-electron chi connectivity index (χ4n) is 2.56. The van der Waals surface area contributed by atoms with Gasteiger partial charge in [0.1, 0.15) is 5.75 Å². The number of allylic oxidation sites excluding steroid dienone is 2. The lowest BCUT2D eigenvalue weighted by Crippen LogP contribution is -2.39. The molecule has 1 amide bonds. The first-order chi connectivity index (χ1) is 12.3. The highest BCUT2D eigenvalue weighted by molar-refractivity contribution is 6.09. The average molecular weight is 360 g/mol. The summed E-state index contributed by atoms with van der Waals surface area (Å²) in [6.45, 7) is 3.73. The Labute approximate surface area is 151 Å². The number of aliphatic carboxylic acids is 1. The van der Waals surface area contributed by atoms with E-state index in [1.807, 2.05) is 0 Å². The molecule has 1 fully saturated rings. The molecule has 1 aliphatic rings. The number of nitrogens with zero attached hydrogens (tertiary/aromatic N) is 1. The number of aromatic nitrogens is 1. The fourth-order valence-corrected chi connectivity index (χ4v) is 2.56. The lowest BCUT2D eigenvalue weighted by molar-refractivity contribution is -0.146. The summed E-state index contributed by atoms with van der Waals surface area (Å²) in [6.07, 6.45) is 5.56. The quantitative estimate of drug-likeness (QED) is 0.491. The van der Waals surface area contributed by atoms with Crippen LogP contribution >= 0.6 is 0 Å². The Bertz CT molecular complexity index is 748. The molecule has 2 rings (SSSR count). The Kier molecular flexibility index (Phi) is 5.97. The Morgan fingerprint density at radius 1 is 1.42 bits per heavy atom. The van der Waals surface area contributed by atoms with Crippen molar-refractivity contribution in [2.45, 2.75) is 33.1 Å². The molecule has 1 aromatic heterocycles. The van der Waals surface area contributed by atoms with E-state index in [9.17, 15) is 14.7 Å². The number of carbonyl (C=O) groups is 2. The highest BCUT2D eigenvalue weighted by atomic mass is 16.4. The molecule has 0 unspecified atom stereocenters. The molecule has 0 atom stereocenters. The van der Waals surface area contributed by atoms with Crippen molar-refractivity contribution in [3.8, 4) is 5.75 Å². The number of carbonyl (C=O) groups excluding carboxylic acids is 1. The third-order valence-electron chi connectivity index (χ3n) is 4.32. The Morgan fingerprint density at radius 3 is 2.69 bits per heavy atom. The summed E-state index contributed by atoms with van der Waals surface area (Å²) < 4.78 is 0. The molecule has 0 saturated carbocycles. The van der Waals surface area contributed by atoms with Crippen molar-refractivity contribution in [1.29, 1.82) is 5.41 Å². The van der Waals surface area contributed by atoms with Crippen LogP contribution in [0.1, 0.15) is 49.2 Å². The Balaban J connectivity index is 2.19. The highest BCUT2D eigenvalue weighted by Gasteiger charge is 2.28. The van der Waals surface area contributed by atoms with Crippen molar-refractivity contribution in [3.05, 3.63) is 29.2 Å². The van der Waals surface area contributed by atoms with Crippen molar-refractivity contribution in [1.82, 2.24) is 15.6 Å². The largest absolute Gasteiger partial charge is 0.505 e. The number of pyridine rings is 1. The predicted octanol–water partition coefficient (Wildman–Crippen LogP) is 1.76. The molecule has 0 radical (unpaired) electrons. The molecule has 140 valence electrons. The number of nitrogens with one attached hydrogen (secondary N) is 3. The van der Waals surface area contributed by atoms with E-state index in [4.69, 9.17) is 10.5 Å². The van der Waals surface area contributed by atoms with Crippen molar-refractivity contribution < 1.29 is 19.8 Å². The topological polar surface area (TPSA) is 135 Å². The van der Waals surface area contributed by atoms with Crippen molar-refractivity contribution in [2.24, 2.45) is 5.41 Å². The molecular formula is C18H24N4O4. The molecule has 26 heavy (non-hydrogen) atoms. The fraction of sp³-hybridized carbons (Fsp3) is 0.444. The number of carboxylic acid groups (broad SMARTS) is 1. The minimum Gasteiger partial charge on any atom is -0.505 e. The zero-order valence-electron chi connectivity index (χ0n) is 14.9. The molecule has 5 N–H and O–H groups in total. The Hall–Kier alpha value is -2.90. The molecule has 0 spiro atoms. The minimum absolute atomic E-state index is 0.0935. The second kappa shape index (κ2) is 7.99. The molecule has 8 nitrogen and oxygen atoms in total. The van der Waals surface area contributed by atoms with Crippen molar-refractivity contribution in [3.63, 3.8) is 0 Å². The van der Waals surface area contributed by atoms with Gasteiger partial charge >= 0.3 is 5.97 Å². The maximum absolute atomic E-state index is 12.2. The van der Waals surface area contributed by atoms with E-state index in [-0.39, 0.29) is 18.0 Å². The van der Waals surface area contributed by atoms with Crippen LogP contribution in [-0.4, -0.2) is 46.4 Å². The van der Waals surface area contributed by atoms with Gasteiger partial charge < -0.3 is 26.3 Å². The molecule has 2 heterocycles. The van der Waals surface area contributed by atoms with E-state index in [0.717, 1.165) is 31.5 Å². The van der Waals surface area contributed by atoms with E-state index in [1.54, 1.807) is 0 Å². The maximum Gasteiger partial charge on any atom is 0.310 e. The zero-order valence-corrected chi connectivity index (χ0v) is 14.9. The van der Waals surface area contributed by atoms with Gasteiger partial charge in [0.25, 0.3) is 5.91 Å². The van der Waals surface area contributed by atoms with Crippen LogP contribution in [0, 0.1) is 10.8 Å². The molecule has 0 bridgehead atoms. The molecule has 1 saturated heterocycles. The van der Waals surface area contributed by atoms with Crippen LogP contribution in [0.5, 0.6) is 5.75 Å². The van der Waals surface area contributed by atoms with Crippen LogP contribution in [0.2, 0.25) is 0 Å². The van der Waals surface area contributed by atoms with Crippen LogP contribution in [0.25, 0.3) is 5.57 Å². The smallest absolute Gasteiger partial charge is 0.310 e. The van der Waals surface area contributed by atoms with Crippen LogP contribution < -0.4 is 10.6 Å². The standard InChI is InChI=1S/C18H24N4O4/c1-18(2,17(25)26)10-22-16(24)15-14(23)7-11(9-21-15)12(8-19)13-5-3-4-6-20-13/h7-9,19-20,23H,3-6,10H2,1-2H3,(H,22,24)(H,25,26)/b13-12+,19-8?. The number of rotatable bonds is 6. The van der Waals surface area contributed by atoms with E-state index >= 15 is 0 Å². The first-order valence-corrected chi connectivity index (χ1v) is 8.44.